The molecular weight excluding hydrogens is 417 g/mol. The first-order valence-electron chi connectivity index (χ1n) is 10.4. The van der Waals surface area contributed by atoms with E-state index in [2.05, 4.69) is 10.3 Å². The fraction of sp³-hybridized carbons (Fsp3) is 0.348. The molecule has 2 aromatic carbocycles. The van der Waals surface area contributed by atoms with E-state index in [-0.39, 0.29) is 18.5 Å². The molecule has 0 spiro atoms. The number of methoxy groups -OCH3 is 1. The molecule has 0 amide bonds. The largest absolute Gasteiger partial charge is 0.467 e. The van der Waals surface area contributed by atoms with E-state index in [1.165, 1.54) is 19.2 Å². The van der Waals surface area contributed by atoms with E-state index < -0.39 is 30.6 Å². The zero-order chi connectivity index (χ0) is 22.1. The second-order valence-corrected chi connectivity index (χ2v) is 7.76. The maximum Gasteiger partial charge on any atom is 0.335 e. The molecule has 2 saturated heterocycles. The molecule has 32 heavy (non-hydrogen) atoms. The van der Waals surface area contributed by atoms with Crippen LogP contribution in [0.5, 0.6) is 0 Å². The van der Waals surface area contributed by atoms with Crippen molar-refractivity contribution >= 4 is 5.97 Å². The molecule has 0 radical (unpaired) electrons. The molecule has 0 bridgehead atoms. The van der Waals surface area contributed by atoms with Gasteiger partial charge in [-0.25, -0.2) is 13.9 Å². The summed E-state index contributed by atoms with van der Waals surface area (Å²) in [5.41, 5.74) is 2.02. The molecule has 166 valence electrons. The molecule has 2 aliphatic heterocycles. The summed E-state index contributed by atoms with van der Waals surface area (Å²) >= 11 is 0. The first kappa shape index (κ1) is 20.7. The highest BCUT2D eigenvalue weighted by Crippen LogP contribution is 2.39. The Morgan fingerprint density at radius 2 is 2.00 bits per heavy atom. The second kappa shape index (κ2) is 8.78. The Balaban J connectivity index is 1.45. The van der Waals surface area contributed by atoms with Gasteiger partial charge >= 0.3 is 5.97 Å². The molecule has 0 saturated carbocycles. The highest BCUT2D eigenvalue weighted by molar-refractivity contribution is 5.74. The van der Waals surface area contributed by atoms with Crippen LogP contribution in [-0.2, 0) is 23.7 Å². The van der Waals surface area contributed by atoms with Crippen LogP contribution < -0.4 is 0 Å². The molecular formula is C23H22FN3O5. The van der Waals surface area contributed by atoms with Crippen molar-refractivity contribution in [3.63, 3.8) is 0 Å². The monoisotopic (exact) mass is 439 g/mol. The number of carbonyl (C=O) groups excluding carboxylic acids is 1. The summed E-state index contributed by atoms with van der Waals surface area (Å²) in [5.74, 6) is -0.823. The lowest BCUT2D eigenvalue weighted by atomic mass is 9.94. The fourth-order valence-electron chi connectivity index (χ4n) is 4.17. The van der Waals surface area contributed by atoms with E-state index in [1.807, 2.05) is 30.3 Å². The number of benzene rings is 2. The fourth-order valence-corrected chi connectivity index (χ4v) is 4.17. The smallest absolute Gasteiger partial charge is 0.335 e. The Hall–Kier alpha value is -3.14. The zero-order valence-electron chi connectivity index (χ0n) is 17.3. The first-order valence-corrected chi connectivity index (χ1v) is 10.4. The van der Waals surface area contributed by atoms with Crippen LogP contribution in [0, 0.1) is 5.82 Å². The van der Waals surface area contributed by atoms with E-state index in [4.69, 9.17) is 18.9 Å². The first-order chi connectivity index (χ1) is 15.6. The Morgan fingerprint density at radius 3 is 2.78 bits per heavy atom. The van der Waals surface area contributed by atoms with Crippen molar-refractivity contribution < 1.29 is 28.1 Å². The predicted molar refractivity (Wildman–Crippen MR) is 110 cm³/mol. The number of carbonyl (C=O) groups is 1. The van der Waals surface area contributed by atoms with E-state index >= 15 is 0 Å². The van der Waals surface area contributed by atoms with Crippen LogP contribution in [-0.4, -0.2) is 53.0 Å². The van der Waals surface area contributed by atoms with Gasteiger partial charge < -0.3 is 18.9 Å². The van der Waals surface area contributed by atoms with Crippen molar-refractivity contribution in [2.75, 3.05) is 13.7 Å². The van der Waals surface area contributed by atoms with Crippen LogP contribution in [0.1, 0.15) is 24.3 Å². The van der Waals surface area contributed by atoms with Gasteiger partial charge in [-0.05, 0) is 12.1 Å². The number of ether oxygens (including phenoxy) is 4. The lowest BCUT2D eigenvalue weighted by Crippen LogP contribution is -2.54. The Kier molecular flexibility index (Phi) is 5.69. The number of rotatable bonds is 4. The molecule has 2 aliphatic rings. The molecule has 0 unspecified atom stereocenters. The maximum atomic E-state index is 13.7. The molecule has 1 aromatic heterocycles. The van der Waals surface area contributed by atoms with Crippen molar-refractivity contribution in [1.82, 2.24) is 15.0 Å². The number of esters is 1. The van der Waals surface area contributed by atoms with E-state index in [0.717, 1.165) is 5.56 Å². The zero-order valence-corrected chi connectivity index (χ0v) is 17.3. The van der Waals surface area contributed by atoms with Gasteiger partial charge in [0.25, 0.3) is 0 Å². The van der Waals surface area contributed by atoms with Gasteiger partial charge in [-0.15, -0.1) is 5.10 Å². The topological polar surface area (TPSA) is 84.7 Å². The number of hydrogen-bond donors (Lipinski definition) is 0. The quantitative estimate of drug-likeness (QED) is 0.578. The number of nitrogens with zero attached hydrogens (tertiary/aromatic N) is 3. The Labute approximate surface area is 183 Å². The van der Waals surface area contributed by atoms with Gasteiger partial charge in [0.05, 0.1) is 26.0 Å². The van der Waals surface area contributed by atoms with Crippen molar-refractivity contribution in [3.8, 4) is 11.3 Å². The highest BCUT2D eigenvalue weighted by Gasteiger charge is 2.47. The molecule has 3 aromatic rings. The molecule has 3 heterocycles. The van der Waals surface area contributed by atoms with Crippen molar-refractivity contribution in [2.45, 2.75) is 37.1 Å². The predicted octanol–water partition coefficient (Wildman–Crippen LogP) is 3.07. The van der Waals surface area contributed by atoms with Gasteiger partial charge in [-0.1, -0.05) is 47.7 Å². The third-order valence-corrected chi connectivity index (χ3v) is 5.74. The van der Waals surface area contributed by atoms with Crippen LogP contribution >= 0.6 is 0 Å². The lowest BCUT2D eigenvalue weighted by molar-refractivity contribution is -0.298. The van der Waals surface area contributed by atoms with Gasteiger partial charge in [0.2, 0.25) is 0 Å². The van der Waals surface area contributed by atoms with E-state index in [9.17, 15) is 9.18 Å². The summed E-state index contributed by atoms with van der Waals surface area (Å²) in [4.78, 5) is 12.3. The molecule has 8 nitrogen and oxygen atoms in total. The molecule has 0 N–H and O–H groups in total. The molecule has 2 fully saturated rings. The summed E-state index contributed by atoms with van der Waals surface area (Å²) in [6, 6.07) is 15.4. The number of hydrogen-bond acceptors (Lipinski definition) is 7. The summed E-state index contributed by atoms with van der Waals surface area (Å²) in [7, 11) is 1.32. The number of halogens is 1. The summed E-state index contributed by atoms with van der Waals surface area (Å²) in [6.07, 6.45) is -0.247. The van der Waals surface area contributed by atoms with Crippen molar-refractivity contribution in [1.29, 1.82) is 0 Å². The third kappa shape index (κ3) is 4.02. The third-order valence-electron chi connectivity index (χ3n) is 5.74. The number of aromatic nitrogens is 3. The molecule has 0 aliphatic carbocycles. The number of fused-ring (bicyclic) bond motifs is 1. The van der Waals surface area contributed by atoms with E-state index in [0.29, 0.717) is 17.7 Å². The molecule has 5 atom stereocenters. The Morgan fingerprint density at radius 1 is 1.16 bits per heavy atom. The van der Waals surface area contributed by atoms with Crippen molar-refractivity contribution in [2.24, 2.45) is 0 Å². The van der Waals surface area contributed by atoms with Gasteiger partial charge in [0.1, 0.15) is 23.7 Å². The van der Waals surface area contributed by atoms with Crippen LogP contribution in [0.15, 0.2) is 60.8 Å². The minimum Gasteiger partial charge on any atom is -0.467 e. The summed E-state index contributed by atoms with van der Waals surface area (Å²) in [6.45, 7) is 0.250. The summed E-state index contributed by atoms with van der Waals surface area (Å²) in [5, 5.41) is 8.48. The van der Waals surface area contributed by atoms with E-state index in [1.54, 1.807) is 23.0 Å². The Bertz CT molecular complexity index is 1090. The van der Waals surface area contributed by atoms with Crippen LogP contribution in [0.25, 0.3) is 11.3 Å². The van der Waals surface area contributed by atoms with Gasteiger partial charge in [0.15, 0.2) is 12.4 Å². The van der Waals surface area contributed by atoms with Gasteiger partial charge in [-0.2, -0.15) is 0 Å². The van der Waals surface area contributed by atoms with Gasteiger partial charge in [0, 0.05) is 17.5 Å². The van der Waals surface area contributed by atoms with Crippen molar-refractivity contribution in [3.05, 3.63) is 72.2 Å². The summed E-state index contributed by atoms with van der Waals surface area (Å²) < 4.78 is 38.3. The normalized spacial score (nSPS) is 27.5. The van der Waals surface area contributed by atoms with Crippen LogP contribution in [0.4, 0.5) is 4.39 Å². The molecule has 9 heteroatoms. The maximum absolute atomic E-state index is 13.7. The average molecular weight is 439 g/mol. The minimum absolute atomic E-state index is 0.250. The van der Waals surface area contributed by atoms with Crippen LogP contribution in [0.2, 0.25) is 0 Å². The molecule has 5 rings (SSSR count). The lowest BCUT2D eigenvalue weighted by Gasteiger charge is -2.45. The van der Waals surface area contributed by atoms with Crippen LogP contribution in [0.3, 0.4) is 0 Å². The second-order valence-electron chi connectivity index (χ2n) is 7.76. The highest BCUT2D eigenvalue weighted by atomic mass is 19.1. The standard InChI is InChI=1S/C23H22FN3O5/c1-29-22(28)19-11-18(27-12-17(25-26-27)15-8-5-9-16(24)10-15)21-20(31-19)13-30-23(32-21)14-6-3-2-4-7-14/h2-10,12,18-21,23H,11,13H2,1H3/t18-,19-,20-,21-,23+/m1/s1. The SMILES string of the molecule is COC(=O)[C@H]1C[C@@H](n2cc(-c3cccc(F)c3)nn2)[C@H]2O[C@@H](c3ccccc3)OC[C@H]2O1. The minimum atomic E-state index is -0.784. The van der Waals surface area contributed by atoms with Gasteiger partial charge in [-0.3, -0.25) is 0 Å². The average Bonchev–Trinajstić information content (AvgIpc) is 3.33.